The maximum absolute atomic E-state index is 2.35. The van der Waals surface area contributed by atoms with Crippen LogP contribution in [0.15, 0.2) is 121 Å². The van der Waals surface area contributed by atoms with Crippen molar-refractivity contribution in [1.82, 2.24) is 0 Å². The summed E-state index contributed by atoms with van der Waals surface area (Å²) in [7, 11) is 0. The number of hydrogen-bond acceptors (Lipinski definition) is 0. The summed E-state index contributed by atoms with van der Waals surface area (Å²) >= 11 is 0. The van der Waals surface area contributed by atoms with E-state index in [1.165, 1.54) is 76.5 Å². The van der Waals surface area contributed by atoms with Gasteiger partial charge in [-0.1, -0.05) is 121 Å². The van der Waals surface area contributed by atoms with E-state index >= 15 is 0 Å². The molecular weight excluding hydrogens is 432 g/mol. The first kappa shape index (κ1) is 20.9. The van der Waals surface area contributed by atoms with Gasteiger partial charge >= 0.3 is 0 Å². The summed E-state index contributed by atoms with van der Waals surface area (Å²) in [6.45, 7) is 4.36. The first-order chi connectivity index (χ1) is 17.7. The largest absolute Gasteiger partial charge is 0.0616 e. The van der Waals surface area contributed by atoms with Crippen molar-refractivity contribution in [3.63, 3.8) is 0 Å². The lowest BCUT2D eigenvalue weighted by Gasteiger charge is -2.19. The van der Waals surface area contributed by atoms with Crippen molar-refractivity contribution >= 4 is 43.1 Å². The minimum atomic E-state index is 1.26. The van der Waals surface area contributed by atoms with Crippen LogP contribution in [0.2, 0.25) is 0 Å². The molecule has 0 heteroatoms. The molecule has 0 saturated heterocycles. The molecule has 0 fully saturated rings. The molecule has 36 heavy (non-hydrogen) atoms. The number of rotatable bonds is 2. The third-order valence-corrected chi connectivity index (χ3v) is 7.63. The third-order valence-electron chi connectivity index (χ3n) is 7.63. The minimum Gasteiger partial charge on any atom is -0.0616 e. The van der Waals surface area contributed by atoms with Gasteiger partial charge in [0.2, 0.25) is 0 Å². The molecule has 0 amide bonds. The topological polar surface area (TPSA) is 0 Å². The smallest absolute Gasteiger partial charge is 0.00201 e. The van der Waals surface area contributed by atoms with Crippen molar-refractivity contribution in [1.29, 1.82) is 0 Å². The van der Waals surface area contributed by atoms with Gasteiger partial charge in [-0.05, 0) is 90.8 Å². The van der Waals surface area contributed by atoms with Crippen molar-refractivity contribution in [2.24, 2.45) is 0 Å². The maximum atomic E-state index is 2.35. The monoisotopic (exact) mass is 458 g/mol. The van der Waals surface area contributed by atoms with Crippen LogP contribution in [-0.2, 0) is 0 Å². The van der Waals surface area contributed by atoms with Gasteiger partial charge in [0.15, 0.2) is 0 Å². The molecular formula is C36H26. The highest BCUT2D eigenvalue weighted by atomic mass is 14.2. The molecule has 0 radical (unpaired) electrons. The number of benzene rings is 7. The van der Waals surface area contributed by atoms with Crippen LogP contribution in [0.5, 0.6) is 0 Å². The van der Waals surface area contributed by atoms with Crippen LogP contribution in [0.25, 0.3) is 65.3 Å². The maximum Gasteiger partial charge on any atom is -0.00201 e. The Kier molecular flexibility index (Phi) is 4.69. The fourth-order valence-corrected chi connectivity index (χ4v) is 5.92. The molecule has 0 heterocycles. The Morgan fingerprint density at radius 1 is 0.389 bits per heavy atom. The van der Waals surface area contributed by atoms with Crippen molar-refractivity contribution in [2.75, 3.05) is 0 Å². The highest BCUT2D eigenvalue weighted by Gasteiger charge is 2.18. The van der Waals surface area contributed by atoms with Crippen LogP contribution in [0.4, 0.5) is 0 Å². The fraction of sp³-hybridized carbons (Fsp3) is 0.0556. The van der Waals surface area contributed by atoms with Gasteiger partial charge in [-0.15, -0.1) is 0 Å². The van der Waals surface area contributed by atoms with E-state index in [2.05, 4.69) is 135 Å². The lowest BCUT2D eigenvalue weighted by atomic mass is 9.84. The summed E-state index contributed by atoms with van der Waals surface area (Å²) in [5, 5.41) is 10.4. The number of aryl methyl sites for hydroxylation is 2. The first-order valence-electron chi connectivity index (χ1n) is 12.6. The summed E-state index contributed by atoms with van der Waals surface area (Å²) in [4.78, 5) is 0. The molecule has 0 aliphatic rings. The van der Waals surface area contributed by atoms with Gasteiger partial charge in [-0.2, -0.15) is 0 Å². The van der Waals surface area contributed by atoms with Gasteiger partial charge in [0.05, 0.1) is 0 Å². The van der Waals surface area contributed by atoms with Gasteiger partial charge in [-0.3, -0.25) is 0 Å². The van der Waals surface area contributed by atoms with Crippen LogP contribution in [0.3, 0.4) is 0 Å². The number of fused-ring (bicyclic) bond motifs is 4. The Labute approximate surface area is 211 Å². The SMILES string of the molecule is Cc1ccc2cc(-c3c4ccccc4c(-c4ccc(C)c5ccccc45)c4ccccc34)ccc2c1. The van der Waals surface area contributed by atoms with E-state index in [0.29, 0.717) is 0 Å². The van der Waals surface area contributed by atoms with Crippen LogP contribution in [0.1, 0.15) is 11.1 Å². The summed E-state index contributed by atoms with van der Waals surface area (Å²) in [6.07, 6.45) is 0. The molecule has 0 aromatic heterocycles. The molecule has 7 aromatic rings. The zero-order chi connectivity index (χ0) is 24.2. The quantitative estimate of drug-likeness (QED) is 0.226. The van der Waals surface area contributed by atoms with Gasteiger partial charge in [0.1, 0.15) is 0 Å². The van der Waals surface area contributed by atoms with E-state index in [1.54, 1.807) is 0 Å². The minimum absolute atomic E-state index is 1.26. The normalized spacial score (nSPS) is 11.6. The van der Waals surface area contributed by atoms with Crippen LogP contribution in [0, 0.1) is 13.8 Å². The highest BCUT2D eigenvalue weighted by molar-refractivity contribution is 6.23. The molecule has 0 bridgehead atoms. The molecule has 170 valence electrons. The Balaban J connectivity index is 1.63. The standard InChI is InChI=1S/C36H26/c1-23-15-17-26-22-27(19-18-25(26)21-23)35-30-11-5-7-13-32(30)36(33-14-8-6-12-31(33)35)34-20-16-24(2)28-9-3-4-10-29(28)34/h3-22H,1-2H3. The molecule has 0 atom stereocenters. The molecule has 0 unspecified atom stereocenters. The van der Waals surface area contributed by atoms with Crippen molar-refractivity contribution < 1.29 is 0 Å². The van der Waals surface area contributed by atoms with Crippen molar-refractivity contribution in [3.05, 3.63) is 132 Å². The zero-order valence-electron chi connectivity index (χ0n) is 20.5. The molecule has 0 aliphatic heterocycles. The molecule has 7 rings (SSSR count). The van der Waals surface area contributed by atoms with Crippen molar-refractivity contribution in [2.45, 2.75) is 13.8 Å². The Morgan fingerprint density at radius 3 is 1.58 bits per heavy atom. The summed E-state index contributed by atoms with van der Waals surface area (Å²) in [6, 6.07) is 44.8. The Morgan fingerprint density at radius 2 is 0.917 bits per heavy atom. The average molecular weight is 459 g/mol. The van der Waals surface area contributed by atoms with Gasteiger partial charge in [0, 0.05) is 0 Å². The molecule has 0 spiro atoms. The van der Waals surface area contributed by atoms with Gasteiger partial charge in [0.25, 0.3) is 0 Å². The summed E-state index contributed by atoms with van der Waals surface area (Å²) in [5.41, 5.74) is 7.79. The lowest BCUT2D eigenvalue weighted by Crippen LogP contribution is -1.92. The average Bonchev–Trinajstić information content (AvgIpc) is 2.92. The summed E-state index contributed by atoms with van der Waals surface area (Å²) < 4.78 is 0. The highest BCUT2D eigenvalue weighted by Crippen LogP contribution is 2.45. The van der Waals surface area contributed by atoms with Gasteiger partial charge in [-0.25, -0.2) is 0 Å². The zero-order valence-corrected chi connectivity index (χ0v) is 20.5. The predicted molar refractivity (Wildman–Crippen MR) is 157 cm³/mol. The molecule has 0 aliphatic carbocycles. The fourth-order valence-electron chi connectivity index (χ4n) is 5.92. The van der Waals surface area contributed by atoms with Crippen LogP contribution in [-0.4, -0.2) is 0 Å². The van der Waals surface area contributed by atoms with Crippen LogP contribution >= 0.6 is 0 Å². The predicted octanol–water partition coefficient (Wildman–Crippen LogP) is 10.3. The second-order valence-corrected chi connectivity index (χ2v) is 9.88. The summed E-state index contributed by atoms with van der Waals surface area (Å²) in [5.74, 6) is 0. The number of hydrogen-bond donors (Lipinski definition) is 0. The first-order valence-corrected chi connectivity index (χ1v) is 12.6. The molecule has 0 saturated carbocycles. The third kappa shape index (κ3) is 3.15. The van der Waals surface area contributed by atoms with E-state index < -0.39 is 0 Å². The van der Waals surface area contributed by atoms with E-state index in [4.69, 9.17) is 0 Å². The Bertz CT molecular complexity index is 1900. The van der Waals surface area contributed by atoms with Crippen molar-refractivity contribution in [3.8, 4) is 22.3 Å². The van der Waals surface area contributed by atoms with E-state index in [9.17, 15) is 0 Å². The van der Waals surface area contributed by atoms with E-state index in [0.717, 1.165) is 0 Å². The van der Waals surface area contributed by atoms with Gasteiger partial charge < -0.3 is 0 Å². The van der Waals surface area contributed by atoms with E-state index in [1.807, 2.05) is 0 Å². The Hall–Kier alpha value is -4.42. The molecule has 7 aromatic carbocycles. The van der Waals surface area contributed by atoms with Crippen LogP contribution < -0.4 is 0 Å². The molecule has 0 nitrogen and oxygen atoms in total. The molecule has 0 N–H and O–H groups in total. The second kappa shape index (κ2) is 8.07. The lowest BCUT2D eigenvalue weighted by molar-refractivity contribution is 1.51. The van der Waals surface area contributed by atoms with E-state index in [-0.39, 0.29) is 0 Å². The second-order valence-electron chi connectivity index (χ2n) is 9.88.